The van der Waals surface area contributed by atoms with E-state index in [0.717, 1.165) is 19.3 Å². The number of hydrazine groups is 1. The molecule has 6 heteroatoms. The third-order valence-corrected chi connectivity index (χ3v) is 2.10. The van der Waals surface area contributed by atoms with E-state index in [1.807, 2.05) is 0 Å². The number of piperidine rings is 1. The number of aliphatic hydroxyl groups excluding tert-OH is 1. The lowest BCUT2D eigenvalue weighted by Crippen LogP contribution is -2.45. The molecule has 0 spiro atoms. The molecule has 12 heavy (non-hydrogen) atoms. The highest BCUT2D eigenvalue weighted by atomic mass is 16.6. The summed E-state index contributed by atoms with van der Waals surface area (Å²) in [6.45, 7) is 0.398. The highest BCUT2D eigenvalue weighted by molar-refractivity contribution is 4.69. The highest BCUT2D eigenvalue weighted by Gasteiger charge is 2.26. The van der Waals surface area contributed by atoms with E-state index in [2.05, 4.69) is 5.28 Å². The molecule has 1 saturated heterocycles. The summed E-state index contributed by atoms with van der Waals surface area (Å²) < 4.78 is 0. The molecular weight excluding hydrogens is 162 g/mol. The van der Waals surface area contributed by atoms with Gasteiger partial charge in [0.05, 0.1) is 13.2 Å². The number of hydrogen-bond donors (Lipinski definition) is 1. The summed E-state index contributed by atoms with van der Waals surface area (Å²) in [5.41, 5.74) is 0. The van der Waals surface area contributed by atoms with Crippen molar-refractivity contribution in [3.8, 4) is 0 Å². The zero-order valence-electron chi connectivity index (χ0n) is 6.72. The average Bonchev–Trinajstić information content (AvgIpc) is 2.16. The predicted octanol–water partition coefficient (Wildman–Crippen LogP) is 0.209. The van der Waals surface area contributed by atoms with Gasteiger partial charge in [0.1, 0.15) is 6.04 Å². The van der Waals surface area contributed by atoms with E-state index < -0.39 is 0 Å². The van der Waals surface area contributed by atoms with Crippen LogP contribution in [0.2, 0.25) is 0 Å². The summed E-state index contributed by atoms with van der Waals surface area (Å²) in [7, 11) is 0. The van der Waals surface area contributed by atoms with Gasteiger partial charge in [-0.15, -0.1) is 5.01 Å². The maximum Gasteiger partial charge on any atom is 0.111 e. The van der Waals surface area contributed by atoms with Gasteiger partial charge in [-0.3, -0.25) is 0 Å². The smallest absolute Gasteiger partial charge is 0.111 e. The first-order valence-electron chi connectivity index (χ1n) is 3.97. The average molecular weight is 174 g/mol. The van der Waals surface area contributed by atoms with Crippen molar-refractivity contribution in [2.75, 3.05) is 13.2 Å². The second-order valence-corrected chi connectivity index (χ2v) is 2.83. The van der Waals surface area contributed by atoms with Crippen LogP contribution in [-0.2, 0) is 0 Å². The van der Waals surface area contributed by atoms with Crippen LogP contribution in [-0.4, -0.2) is 34.3 Å². The van der Waals surface area contributed by atoms with Crippen LogP contribution in [0, 0.1) is 10.4 Å². The van der Waals surface area contributed by atoms with Gasteiger partial charge in [0.25, 0.3) is 0 Å². The number of rotatable bonds is 2. The molecule has 0 aliphatic carbocycles. The van der Waals surface area contributed by atoms with Crippen molar-refractivity contribution in [1.82, 2.24) is 5.01 Å². The first-order valence-corrected chi connectivity index (χ1v) is 3.97. The Hall–Kier alpha value is -1.04. The lowest BCUT2D eigenvalue weighted by atomic mass is 10.1. The summed E-state index contributed by atoms with van der Waals surface area (Å²) in [6.07, 6.45) is 2.59. The third kappa shape index (κ3) is 1.76. The molecular formula is C6H12N3O3-. The molecule has 1 unspecified atom stereocenters. The van der Waals surface area contributed by atoms with Crippen molar-refractivity contribution >= 4 is 0 Å². The van der Waals surface area contributed by atoms with E-state index in [-0.39, 0.29) is 17.6 Å². The van der Waals surface area contributed by atoms with Crippen molar-refractivity contribution in [2.45, 2.75) is 25.3 Å². The van der Waals surface area contributed by atoms with Gasteiger partial charge in [0, 0.05) is 4.97 Å². The molecule has 1 fully saturated rings. The molecule has 1 aliphatic heterocycles. The Morgan fingerprint density at radius 1 is 1.58 bits per heavy atom. The van der Waals surface area contributed by atoms with Crippen molar-refractivity contribution in [2.24, 2.45) is 5.28 Å². The fourth-order valence-corrected chi connectivity index (χ4v) is 1.44. The Morgan fingerprint density at radius 3 is 2.92 bits per heavy atom. The molecule has 1 heterocycles. The third-order valence-electron chi connectivity index (χ3n) is 2.10. The fourth-order valence-electron chi connectivity index (χ4n) is 1.44. The summed E-state index contributed by atoms with van der Waals surface area (Å²) in [4.78, 5) is 0.0278. The monoisotopic (exact) mass is 174 g/mol. The predicted molar refractivity (Wildman–Crippen MR) is 40.9 cm³/mol. The van der Waals surface area contributed by atoms with Gasteiger partial charge >= 0.3 is 0 Å². The minimum Gasteiger partial charge on any atom is -0.737 e. The van der Waals surface area contributed by atoms with Gasteiger partial charge in [-0.1, -0.05) is 0 Å². The van der Waals surface area contributed by atoms with Crippen LogP contribution in [0.25, 0.3) is 0 Å². The molecule has 6 nitrogen and oxygen atoms in total. The summed E-state index contributed by atoms with van der Waals surface area (Å²) >= 11 is 0. The maximum atomic E-state index is 10.8. The van der Waals surface area contributed by atoms with E-state index in [0.29, 0.717) is 6.54 Å². The molecule has 0 radical (unpaired) electrons. The molecule has 0 aromatic rings. The molecule has 0 saturated carbocycles. The molecule has 70 valence electrons. The van der Waals surface area contributed by atoms with Crippen molar-refractivity contribution in [3.63, 3.8) is 0 Å². The minimum atomic E-state index is -0.242. The van der Waals surface area contributed by atoms with Gasteiger partial charge in [0.2, 0.25) is 0 Å². The molecule has 0 bridgehead atoms. The Morgan fingerprint density at radius 2 is 2.33 bits per heavy atom. The van der Waals surface area contributed by atoms with Crippen molar-refractivity contribution in [1.29, 1.82) is 0 Å². The maximum absolute atomic E-state index is 10.8. The van der Waals surface area contributed by atoms with E-state index >= 15 is 0 Å². The number of aliphatic hydroxyl groups is 1. The van der Waals surface area contributed by atoms with Crippen LogP contribution in [0.1, 0.15) is 19.3 Å². The van der Waals surface area contributed by atoms with E-state index in [9.17, 15) is 10.4 Å². The molecule has 0 aromatic heterocycles. The van der Waals surface area contributed by atoms with Gasteiger partial charge in [-0.25, -0.2) is 0 Å². The number of nitrogens with zero attached hydrogens (tertiary/aromatic N) is 3. The topological polar surface area (TPSA) is 85.0 Å². The largest absolute Gasteiger partial charge is 0.737 e. The Balaban J connectivity index is 2.58. The summed E-state index contributed by atoms with van der Waals surface area (Å²) in [5.74, 6) is 0. The van der Waals surface area contributed by atoms with Crippen LogP contribution in [0.15, 0.2) is 5.28 Å². The molecule has 1 rings (SSSR count). The Labute approximate surface area is 70.2 Å². The zero-order valence-corrected chi connectivity index (χ0v) is 6.72. The van der Waals surface area contributed by atoms with E-state index in [1.165, 1.54) is 5.01 Å². The van der Waals surface area contributed by atoms with E-state index in [4.69, 9.17) is 5.11 Å². The first kappa shape index (κ1) is 9.05. The van der Waals surface area contributed by atoms with Crippen LogP contribution in [0.3, 0.4) is 0 Å². The van der Waals surface area contributed by atoms with Gasteiger partial charge in [0.15, 0.2) is 0 Å². The summed E-state index contributed by atoms with van der Waals surface area (Å²) in [5, 5.41) is 33.1. The van der Waals surface area contributed by atoms with Crippen LogP contribution < -0.4 is 0 Å². The normalized spacial score (nSPS) is 25.9. The van der Waals surface area contributed by atoms with Crippen LogP contribution >= 0.6 is 0 Å². The van der Waals surface area contributed by atoms with Crippen LogP contribution in [0.5, 0.6) is 0 Å². The first-order chi connectivity index (χ1) is 5.79. The molecule has 0 aromatic carbocycles. The van der Waals surface area contributed by atoms with Gasteiger partial charge in [-0.2, -0.15) is 0 Å². The lowest BCUT2D eigenvalue weighted by Gasteiger charge is -2.30. The highest BCUT2D eigenvalue weighted by Crippen LogP contribution is 2.16. The second kappa shape index (κ2) is 4.10. The minimum absolute atomic E-state index is 0.0278. The molecule has 1 N–H and O–H groups in total. The van der Waals surface area contributed by atoms with Gasteiger partial charge in [-0.05, 0) is 24.5 Å². The second-order valence-electron chi connectivity index (χ2n) is 2.83. The Kier molecular flexibility index (Phi) is 3.09. The molecule has 1 aliphatic rings. The van der Waals surface area contributed by atoms with Crippen molar-refractivity contribution in [3.05, 3.63) is 10.4 Å². The lowest BCUT2D eigenvalue weighted by molar-refractivity contribution is -0.701. The molecule has 1 atom stereocenters. The van der Waals surface area contributed by atoms with Gasteiger partial charge < -0.3 is 15.5 Å². The summed E-state index contributed by atoms with van der Waals surface area (Å²) in [6, 6.07) is -0.242. The standard InChI is InChI=1S/C6H13N3O3/c10-5-6-3-1-2-4-8(6)9(12)7-11/h6,10-11H,1-5H2/p-1/b9-7+. The van der Waals surface area contributed by atoms with Crippen LogP contribution in [0.4, 0.5) is 0 Å². The molecule has 0 amide bonds. The van der Waals surface area contributed by atoms with Crippen molar-refractivity contribution < 1.29 is 10.1 Å². The number of hydrogen-bond acceptors (Lipinski definition) is 4. The Bertz CT molecular complexity index is 173. The quantitative estimate of drug-likeness (QED) is 0.368. The van der Waals surface area contributed by atoms with E-state index in [1.54, 1.807) is 0 Å². The fraction of sp³-hybridized carbons (Fsp3) is 1.00. The SMILES string of the molecule is [O-]/N=[N+](/[O-])N1CCCCC1CO. The zero-order chi connectivity index (χ0) is 8.97.